The lowest BCUT2D eigenvalue weighted by Gasteiger charge is -2.18. The Bertz CT molecular complexity index is 1700. The summed E-state index contributed by atoms with van der Waals surface area (Å²) in [5.74, 6) is -0.998. The Kier molecular flexibility index (Phi) is 63.3. The minimum Gasteiger partial charge on any atom is -0.462 e. The van der Waals surface area contributed by atoms with Gasteiger partial charge in [0.15, 0.2) is 6.10 Å². The third kappa shape index (κ3) is 64.4. The lowest BCUT2D eigenvalue weighted by Crippen LogP contribution is -2.30. The van der Waals surface area contributed by atoms with Crippen LogP contribution in [0.5, 0.6) is 0 Å². The number of hydrogen-bond acceptors (Lipinski definition) is 6. The van der Waals surface area contributed by atoms with E-state index in [0.717, 1.165) is 116 Å². The smallest absolute Gasteiger partial charge is 0.306 e. The molecule has 0 aliphatic rings. The molecule has 0 fully saturated rings. The molecule has 80 heavy (non-hydrogen) atoms. The number of carbonyl (C=O) groups is 3. The summed E-state index contributed by atoms with van der Waals surface area (Å²) >= 11 is 0. The normalized spacial score (nSPS) is 13.0. The molecule has 0 aromatic heterocycles. The van der Waals surface area contributed by atoms with Gasteiger partial charge >= 0.3 is 17.9 Å². The van der Waals surface area contributed by atoms with Crippen molar-refractivity contribution in [2.24, 2.45) is 0 Å². The summed E-state index contributed by atoms with van der Waals surface area (Å²) in [5.41, 5.74) is 0. The number of unbranched alkanes of at least 4 members (excludes halogenated alkanes) is 26. The second-order valence-electron chi connectivity index (χ2n) is 21.6. The van der Waals surface area contributed by atoms with E-state index in [0.29, 0.717) is 19.3 Å². The molecule has 0 N–H and O–H groups in total. The molecule has 0 spiro atoms. The van der Waals surface area contributed by atoms with Crippen LogP contribution in [0.4, 0.5) is 0 Å². The van der Waals surface area contributed by atoms with Gasteiger partial charge in [-0.3, -0.25) is 14.4 Å². The highest BCUT2D eigenvalue weighted by atomic mass is 16.6. The van der Waals surface area contributed by atoms with Crippen molar-refractivity contribution in [3.8, 4) is 0 Å². The van der Waals surface area contributed by atoms with Crippen molar-refractivity contribution in [3.63, 3.8) is 0 Å². The van der Waals surface area contributed by atoms with Crippen molar-refractivity contribution >= 4 is 17.9 Å². The molecule has 454 valence electrons. The van der Waals surface area contributed by atoms with Gasteiger partial charge in [-0.1, -0.05) is 309 Å². The number of carbonyl (C=O) groups excluding carboxylic acids is 3. The zero-order chi connectivity index (χ0) is 57.8. The Morgan fingerprint density at radius 3 is 0.838 bits per heavy atom. The standard InChI is InChI=1S/C74H122O6/c1-4-7-10-13-16-19-22-25-28-31-34-36-37-38-41-43-46-49-52-55-58-61-64-67-73(76)79-70-71(69-78-72(75)66-63-60-57-54-51-48-45-42-39-33-30-27-24-21-18-15-12-9-6-3)80-74(77)68-65-62-59-56-53-50-47-44-40-35-32-29-26-23-20-17-14-11-8-5-2/h7,9-10,12,16,18-19,21,25,27-28,30,34,36,38-39,41-42,48,51,57,60,71H,4-6,8,11,13-15,17,20,22-24,26,29,31-33,35,37,40,43-47,49-50,52-56,58-59,61-70H2,1-3H3/b10-7-,12-9-,19-16-,21-18-,28-25-,30-27-,36-34-,41-38-,42-39-,51-48-,60-57-. The fourth-order valence-electron chi connectivity index (χ4n) is 9.03. The van der Waals surface area contributed by atoms with Gasteiger partial charge in [-0.2, -0.15) is 0 Å². The van der Waals surface area contributed by atoms with Crippen LogP contribution in [0.25, 0.3) is 0 Å². The van der Waals surface area contributed by atoms with Crippen LogP contribution in [0.15, 0.2) is 134 Å². The average molecular weight is 1110 g/mol. The molecule has 0 bridgehead atoms. The van der Waals surface area contributed by atoms with Crippen LogP contribution in [0.1, 0.15) is 297 Å². The highest BCUT2D eigenvalue weighted by molar-refractivity contribution is 5.71. The van der Waals surface area contributed by atoms with Gasteiger partial charge in [0, 0.05) is 19.3 Å². The molecule has 0 rings (SSSR count). The summed E-state index contributed by atoms with van der Waals surface area (Å²) in [5, 5.41) is 0. The first-order valence-corrected chi connectivity index (χ1v) is 33.2. The fraction of sp³-hybridized carbons (Fsp3) is 0.662. The highest BCUT2D eigenvalue weighted by Crippen LogP contribution is 2.17. The first-order chi connectivity index (χ1) is 39.5. The Morgan fingerprint density at radius 1 is 0.263 bits per heavy atom. The van der Waals surface area contributed by atoms with Crippen LogP contribution in [-0.2, 0) is 28.6 Å². The van der Waals surface area contributed by atoms with Gasteiger partial charge in [0.2, 0.25) is 0 Å². The zero-order valence-corrected chi connectivity index (χ0v) is 52.0. The van der Waals surface area contributed by atoms with Crippen LogP contribution in [0.3, 0.4) is 0 Å². The number of hydrogen-bond donors (Lipinski definition) is 0. The molecule has 6 nitrogen and oxygen atoms in total. The van der Waals surface area contributed by atoms with Crippen molar-refractivity contribution in [2.45, 2.75) is 303 Å². The van der Waals surface area contributed by atoms with E-state index in [1.807, 2.05) is 6.08 Å². The van der Waals surface area contributed by atoms with Crippen LogP contribution in [0, 0.1) is 0 Å². The van der Waals surface area contributed by atoms with Gasteiger partial charge in [0.25, 0.3) is 0 Å². The van der Waals surface area contributed by atoms with Crippen molar-refractivity contribution in [3.05, 3.63) is 134 Å². The molecule has 1 unspecified atom stereocenters. The maximum atomic E-state index is 12.9. The Balaban J connectivity index is 4.49. The predicted molar refractivity (Wildman–Crippen MR) is 348 cm³/mol. The molecule has 6 heteroatoms. The summed E-state index contributed by atoms with van der Waals surface area (Å²) in [4.78, 5) is 38.4. The largest absolute Gasteiger partial charge is 0.462 e. The topological polar surface area (TPSA) is 78.9 Å². The maximum absolute atomic E-state index is 12.9. The molecule has 0 amide bonds. The number of rotatable bonds is 59. The maximum Gasteiger partial charge on any atom is 0.306 e. The van der Waals surface area contributed by atoms with Gasteiger partial charge in [-0.15, -0.1) is 0 Å². The van der Waals surface area contributed by atoms with E-state index in [-0.39, 0.29) is 37.5 Å². The Labute approximate surface area is 494 Å². The zero-order valence-electron chi connectivity index (χ0n) is 52.0. The van der Waals surface area contributed by atoms with Crippen LogP contribution in [-0.4, -0.2) is 37.2 Å². The van der Waals surface area contributed by atoms with Crippen molar-refractivity contribution in [1.29, 1.82) is 0 Å². The summed E-state index contributed by atoms with van der Waals surface area (Å²) in [6.45, 7) is 6.37. The quantitative estimate of drug-likeness (QED) is 0.0261. The van der Waals surface area contributed by atoms with Crippen LogP contribution < -0.4 is 0 Å². The lowest BCUT2D eigenvalue weighted by atomic mass is 10.0. The van der Waals surface area contributed by atoms with E-state index in [1.54, 1.807) is 0 Å². The van der Waals surface area contributed by atoms with Crippen molar-refractivity contribution < 1.29 is 28.6 Å². The van der Waals surface area contributed by atoms with E-state index >= 15 is 0 Å². The molecule has 0 saturated carbocycles. The number of esters is 3. The van der Waals surface area contributed by atoms with Crippen LogP contribution >= 0.6 is 0 Å². The fourth-order valence-corrected chi connectivity index (χ4v) is 9.03. The molecule has 0 aromatic carbocycles. The SMILES string of the molecule is CC/C=C\C/C=C\C/C=C\C/C=C\C/C=C\C/C=C\CCC(=O)OCC(COC(=O)CCCCCCCCC/C=C\C/C=C\C/C=C\C/C=C\C/C=C\CC)OC(=O)CCCCCCCCCCCCCCCCCCCCCC. The summed E-state index contributed by atoms with van der Waals surface area (Å²) in [6.07, 6.45) is 94.7. The van der Waals surface area contributed by atoms with Gasteiger partial charge < -0.3 is 14.2 Å². The van der Waals surface area contributed by atoms with E-state index in [2.05, 4.69) is 148 Å². The molecule has 0 aromatic rings. The Morgan fingerprint density at radius 2 is 0.512 bits per heavy atom. The first-order valence-electron chi connectivity index (χ1n) is 33.2. The van der Waals surface area contributed by atoms with Gasteiger partial charge in [0.05, 0.1) is 0 Å². The van der Waals surface area contributed by atoms with E-state index in [4.69, 9.17) is 14.2 Å². The summed E-state index contributed by atoms with van der Waals surface area (Å²) < 4.78 is 16.9. The molecular weight excluding hydrogens is 985 g/mol. The molecule has 0 aliphatic heterocycles. The minimum absolute atomic E-state index is 0.109. The van der Waals surface area contributed by atoms with Crippen molar-refractivity contribution in [2.75, 3.05) is 13.2 Å². The predicted octanol–water partition coefficient (Wildman–Crippen LogP) is 22.9. The second-order valence-corrected chi connectivity index (χ2v) is 21.6. The van der Waals surface area contributed by atoms with Crippen molar-refractivity contribution in [1.82, 2.24) is 0 Å². The first kappa shape index (κ1) is 75.5. The van der Waals surface area contributed by atoms with E-state index < -0.39 is 6.10 Å². The summed E-state index contributed by atoms with van der Waals surface area (Å²) in [7, 11) is 0. The average Bonchev–Trinajstić information content (AvgIpc) is 3.46. The molecule has 0 radical (unpaired) electrons. The Hall–Kier alpha value is -4.45. The van der Waals surface area contributed by atoms with Gasteiger partial charge in [-0.25, -0.2) is 0 Å². The molecule has 0 saturated heterocycles. The van der Waals surface area contributed by atoms with Gasteiger partial charge in [-0.05, 0) is 103 Å². The highest BCUT2D eigenvalue weighted by Gasteiger charge is 2.19. The minimum atomic E-state index is -0.819. The molecule has 0 aliphatic carbocycles. The van der Waals surface area contributed by atoms with Gasteiger partial charge in [0.1, 0.15) is 13.2 Å². The molecule has 0 heterocycles. The molecule has 1 atom stereocenters. The number of ether oxygens (including phenoxy) is 3. The third-order valence-corrected chi connectivity index (χ3v) is 13.9. The van der Waals surface area contributed by atoms with E-state index in [9.17, 15) is 14.4 Å². The lowest BCUT2D eigenvalue weighted by molar-refractivity contribution is -0.166. The second kappa shape index (κ2) is 67.1. The third-order valence-electron chi connectivity index (χ3n) is 13.9. The number of allylic oxidation sites excluding steroid dienone is 22. The molecular formula is C74H122O6. The van der Waals surface area contributed by atoms with Crippen LogP contribution in [0.2, 0.25) is 0 Å². The monoisotopic (exact) mass is 1110 g/mol. The summed E-state index contributed by atoms with van der Waals surface area (Å²) in [6, 6.07) is 0. The van der Waals surface area contributed by atoms with E-state index in [1.165, 1.54) is 135 Å².